The number of benzene rings is 2. The van der Waals surface area contributed by atoms with Crippen molar-refractivity contribution in [2.75, 3.05) is 20.2 Å². The number of carbonyl (C=O) groups is 1. The van der Waals surface area contributed by atoms with Gasteiger partial charge in [-0.3, -0.25) is 9.78 Å². The highest BCUT2D eigenvalue weighted by molar-refractivity contribution is 6.31. The summed E-state index contributed by atoms with van der Waals surface area (Å²) in [5.74, 6) is 0.289. The average molecular weight is 668 g/mol. The third-order valence-electron chi connectivity index (χ3n) is 9.35. The van der Waals surface area contributed by atoms with Crippen LogP contribution in [0.2, 0.25) is 5.02 Å². The van der Waals surface area contributed by atoms with Gasteiger partial charge in [0.15, 0.2) is 6.10 Å². The summed E-state index contributed by atoms with van der Waals surface area (Å²) in [5, 5.41) is 53.0. The summed E-state index contributed by atoms with van der Waals surface area (Å²) >= 11 is 6.68. The molecule has 0 spiro atoms. The van der Waals surface area contributed by atoms with Crippen molar-refractivity contribution in [1.82, 2.24) is 15.2 Å². The molecule has 5 rings (SSSR count). The summed E-state index contributed by atoms with van der Waals surface area (Å²) in [6.07, 6.45) is 2.27. The Morgan fingerprint density at radius 1 is 1.09 bits per heavy atom. The number of hydrogen-bond acceptors (Lipinski definition) is 9. The summed E-state index contributed by atoms with van der Waals surface area (Å²) < 4.78 is 6.25. The van der Waals surface area contributed by atoms with Gasteiger partial charge in [-0.2, -0.15) is 0 Å². The standard InChI is InChI=1S/C36H46ClN3O7/c1-22(6-5-17-40(2)35(46)34(45)33(44)32(43)30(42)21-41)23-9-12-29(37)24(18-23)19-39-36(14-15-36)28-20-38-16-13-26(28)27-7-3-4-8-31(27)47-25-10-11-25/h3-4,7-9,12-13,16,18,20,22,25,30,32-34,39,41-45H,5-6,10-11,14-15,17,19,21H2,1-2H3/t22?,30-,32+,33-,34-/m0/s1. The number of nitrogens with zero attached hydrogens (tertiary/aromatic N) is 2. The Bertz CT molecular complexity index is 1520. The number of rotatable bonds is 17. The van der Waals surface area contributed by atoms with Crippen LogP contribution in [0.1, 0.15) is 68.1 Å². The Morgan fingerprint density at radius 3 is 2.53 bits per heavy atom. The van der Waals surface area contributed by atoms with Gasteiger partial charge in [-0.05, 0) is 84.9 Å². The molecule has 6 N–H and O–H groups in total. The third-order valence-corrected chi connectivity index (χ3v) is 9.72. The van der Waals surface area contributed by atoms with Crippen molar-refractivity contribution in [3.05, 3.63) is 82.6 Å². The lowest BCUT2D eigenvalue weighted by Crippen LogP contribution is -2.52. The zero-order valence-corrected chi connectivity index (χ0v) is 27.7. The first-order valence-electron chi connectivity index (χ1n) is 16.4. The molecular weight excluding hydrogens is 622 g/mol. The first-order chi connectivity index (χ1) is 22.5. The molecule has 2 aliphatic rings. The van der Waals surface area contributed by atoms with Crippen LogP contribution >= 0.6 is 11.6 Å². The lowest BCUT2D eigenvalue weighted by Gasteiger charge is -2.28. The van der Waals surface area contributed by atoms with Crippen molar-refractivity contribution in [2.45, 2.75) is 94.0 Å². The topological polar surface area (TPSA) is 156 Å². The minimum absolute atomic E-state index is 0.161. The molecule has 1 unspecified atom stereocenters. The number of likely N-dealkylation sites (N-methyl/N-ethyl adjacent to an activating group) is 1. The van der Waals surface area contributed by atoms with Gasteiger partial charge in [-0.25, -0.2) is 0 Å². The molecule has 11 heteroatoms. The minimum atomic E-state index is -1.93. The van der Waals surface area contributed by atoms with Gasteiger partial charge in [0, 0.05) is 48.7 Å². The van der Waals surface area contributed by atoms with E-state index in [4.69, 9.17) is 21.4 Å². The summed E-state index contributed by atoms with van der Waals surface area (Å²) in [4.78, 5) is 18.4. The number of aliphatic hydroxyl groups is 5. The van der Waals surface area contributed by atoms with E-state index in [1.807, 2.05) is 42.7 Å². The smallest absolute Gasteiger partial charge is 0.253 e. The van der Waals surface area contributed by atoms with Gasteiger partial charge in [-0.15, -0.1) is 0 Å². The monoisotopic (exact) mass is 667 g/mol. The van der Waals surface area contributed by atoms with Crippen LogP contribution in [-0.4, -0.2) is 92.0 Å². The van der Waals surface area contributed by atoms with Crippen LogP contribution in [-0.2, 0) is 16.9 Å². The van der Waals surface area contributed by atoms with Crippen LogP contribution < -0.4 is 10.1 Å². The maximum absolute atomic E-state index is 12.6. The number of nitrogens with one attached hydrogen (secondary N) is 1. The minimum Gasteiger partial charge on any atom is -0.490 e. The normalized spacial score (nSPS) is 18.6. The lowest BCUT2D eigenvalue weighted by atomic mass is 9.93. The number of halogens is 1. The quantitative estimate of drug-likeness (QED) is 0.127. The highest BCUT2D eigenvalue weighted by Gasteiger charge is 2.46. The molecule has 2 fully saturated rings. The SMILES string of the molecule is CC(CCCN(C)C(=O)[C@@H](O)[C@@H](O)[C@H](O)[C@@H](O)CO)c1ccc(Cl)c(CNC2(c3cnccc3-c3ccccc3OC3CC3)CC2)c1. The Morgan fingerprint density at radius 2 is 1.83 bits per heavy atom. The maximum Gasteiger partial charge on any atom is 0.253 e. The fourth-order valence-electron chi connectivity index (χ4n) is 5.94. The molecule has 3 aromatic rings. The summed E-state index contributed by atoms with van der Waals surface area (Å²) in [7, 11) is 1.50. The summed E-state index contributed by atoms with van der Waals surface area (Å²) in [6.45, 7) is 2.20. The van der Waals surface area contributed by atoms with Crippen LogP contribution in [0.15, 0.2) is 60.9 Å². The van der Waals surface area contributed by atoms with E-state index in [1.165, 1.54) is 11.9 Å². The van der Waals surface area contributed by atoms with Crippen molar-refractivity contribution in [3.63, 3.8) is 0 Å². The van der Waals surface area contributed by atoms with E-state index in [2.05, 4.69) is 35.4 Å². The first kappa shape index (κ1) is 35.2. The molecule has 1 heterocycles. The maximum atomic E-state index is 12.6. The van der Waals surface area contributed by atoms with Crippen molar-refractivity contribution >= 4 is 17.5 Å². The van der Waals surface area contributed by atoms with Crippen molar-refractivity contribution in [1.29, 1.82) is 0 Å². The second kappa shape index (κ2) is 15.4. The summed E-state index contributed by atoms with van der Waals surface area (Å²) in [6, 6.07) is 16.3. The molecule has 0 bridgehead atoms. The van der Waals surface area contributed by atoms with E-state index in [0.717, 1.165) is 65.7 Å². The Labute approximate surface area is 281 Å². The predicted molar refractivity (Wildman–Crippen MR) is 179 cm³/mol. The first-order valence-corrected chi connectivity index (χ1v) is 16.7. The molecule has 1 amide bonds. The zero-order valence-electron chi connectivity index (χ0n) is 26.9. The second-order valence-corrected chi connectivity index (χ2v) is 13.4. The van der Waals surface area contributed by atoms with Gasteiger partial charge in [0.2, 0.25) is 0 Å². The lowest BCUT2D eigenvalue weighted by molar-refractivity contribution is -0.157. The van der Waals surface area contributed by atoms with Gasteiger partial charge < -0.3 is 40.5 Å². The van der Waals surface area contributed by atoms with Gasteiger partial charge in [0.1, 0.15) is 24.1 Å². The van der Waals surface area contributed by atoms with Crippen LogP contribution in [0.4, 0.5) is 0 Å². The van der Waals surface area contributed by atoms with Crippen LogP contribution in [0.25, 0.3) is 11.1 Å². The highest BCUT2D eigenvalue weighted by atomic mass is 35.5. The Kier molecular flexibility index (Phi) is 11.6. The van der Waals surface area contributed by atoms with E-state index in [0.29, 0.717) is 30.6 Å². The fraction of sp³-hybridized carbons (Fsp3) is 0.500. The molecular formula is C36H46ClN3O7. The van der Waals surface area contributed by atoms with Crippen molar-refractivity contribution in [2.24, 2.45) is 0 Å². The van der Waals surface area contributed by atoms with E-state index in [1.54, 1.807) is 0 Å². The van der Waals surface area contributed by atoms with E-state index in [-0.39, 0.29) is 11.5 Å². The zero-order chi connectivity index (χ0) is 33.7. The largest absolute Gasteiger partial charge is 0.490 e. The summed E-state index contributed by atoms with van der Waals surface area (Å²) in [5.41, 5.74) is 5.27. The fourth-order valence-corrected chi connectivity index (χ4v) is 6.13. The molecule has 5 atom stereocenters. The molecule has 2 saturated carbocycles. The molecule has 0 radical (unpaired) electrons. The van der Waals surface area contributed by atoms with Crippen LogP contribution in [0, 0.1) is 0 Å². The van der Waals surface area contributed by atoms with Gasteiger partial charge in [0.05, 0.1) is 12.7 Å². The Balaban J connectivity index is 1.19. The van der Waals surface area contributed by atoms with E-state index in [9.17, 15) is 25.2 Å². The highest BCUT2D eigenvalue weighted by Crippen LogP contribution is 2.50. The Hall–Kier alpha value is -3.09. The molecule has 1 aromatic heterocycles. The number of pyridine rings is 1. The van der Waals surface area contributed by atoms with Crippen molar-refractivity contribution < 1.29 is 35.1 Å². The molecule has 0 saturated heterocycles. The predicted octanol–water partition coefficient (Wildman–Crippen LogP) is 3.50. The third kappa shape index (κ3) is 8.50. The van der Waals surface area contributed by atoms with Gasteiger partial charge in [0.25, 0.3) is 5.91 Å². The van der Waals surface area contributed by atoms with E-state index >= 15 is 0 Å². The number of aliphatic hydroxyl groups excluding tert-OH is 5. The molecule has 47 heavy (non-hydrogen) atoms. The van der Waals surface area contributed by atoms with Crippen LogP contribution in [0.5, 0.6) is 5.75 Å². The molecule has 10 nitrogen and oxygen atoms in total. The van der Waals surface area contributed by atoms with Gasteiger partial charge in [-0.1, -0.05) is 48.9 Å². The number of carbonyl (C=O) groups excluding carboxylic acids is 1. The number of hydrogen-bond donors (Lipinski definition) is 6. The molecule has 2 aromatic carbocycles. The van der Waals surface area contributed by atoms with Crippen molar-refractivity contribution in [3.8, 4) is 16.9 Å². The van der Waals surface area contributed by atoms with Crippen LogP contribution in [0.3, 0.4) is 0 Å². The van der Waals surface area contributed by atoms with E-state index < -0.39 is 36.9 Å². The number of para-hydroxylation sites is 1. The molecule has 254 valence electrons. The number of aromatic nitrogens is 1. The number of ether oxygens (including phenoxy) is 1. The number of amides is 1. The molecule has 2 aliphatic carbocycles. The average Bonchev–Trinajstić information content (AvgIpc) is 4.04. The van der Waals surface area contributed by atoms with Gasteiger partial charge >= 0.3 is 0 Å². The molecule has 0 aliphatic heterocycles. The second-order valence-electron chi connectivity index (χ2n) is 13.0.